The number of primary amides is 2. The second-order valence-electron chi connectivity index (χ2n) is 0.402. The van der Waals surface area contributed by atoms with Gasteiger partial charge in [0.2, 0.25) is 0 Å². The molecule has 2 amide bonds. The molecule has 0 fully saturated rings. The topological polar surface area (TPSA) is 104 Å². The summed E-state index contributed by atoms with van der Waals surface area (Å²) < 4.78 is 0. The van der Waals surface area contributed by atoms with Crippen molar-refractivity contribution in [1.82, 2.24) is 6.15 Å². The number of urea groups is 1. The zero-order chi connectivity index (χ0) is 3.58. The summed E-state index contributed by atoms with van der Waals surface area (Å²) in [7, 11) is 0. The van der Waals surface area contributed by atoms with Gasteiger partial charge in [-0.05, 0) is 0 Å². The first-order valence-electron chi connectivity index (χ1n) is 0.781. The van der Waals surface area contributed by atoms with Gasteiger partial charge in [0, 0.05) is 0 Å². The normalized spacial score (nSPS) is 3.43. The molecule has 0 rings (SSSR count). The molecule has 0 aliphatic heterocycles. The quantitative estimate of drug-likeness (QED) is 0.292. The van der Waals surface area contributed by atoms with E-state index in [4.69, 9.17) is 4.79 Å². The van der Waals surface area contributed by atoms with Gasteiger partial charge in [-0.2, -0.15) is 9.90 Å². The van der Waals surface area contributed by atoms with E-state index in [1.165, 1.54) is 0 Å². The second kappa shape index (κ2) is 15.7. The first kappa shape index (κ1) is 23.9. The van der Waals surface area contributed by atoms with Crippen LogP contribution < -0.4 is 17.6 Å². The van der Waals surface area contributed by atoms with Gasteiger partial charge in [-0.1, -0.05) is 0 Å². The summed E-state index contributed by atoms with van der Waals surface area (Å²) in [6.07, 6.45) is 0. The van der Waals surface area contributed by atoms with Crippen LogP contribution >= 0.6 is 9.90 Å². The van der Waals surface area contributed by atoms with E-state index in [1.807, 2.05) is 0 Å². The fourth-order valence-electron chi connectivity index (χ4n) is 0. The van der Waals surface area contributed by atoms with Crippen LogP contribution in [-0.2, 0) is 0 Å². The van der Waals surface area contributed by atoms with Crippen LogP contribution in [0.2, 0.25) is 0 Å². The predicted molar refractivity (Wildman–Crippen MR) is 37.0 cm³/mol. The van der Waals surface area contributed by atoms with Crippen molar-refractivity contribution in [2.24, 2.45) is 11.5 Å². The van der Waals surface area contributed by atoms with E-state index in [9.17, 15) is 0 Å². The fraction of sp³-hybridized carbons (Fsp3) is 0. The Balaban J connectivity index is -0.0000000150. The van der Waals surface area contributed by atoms with E-state index in [0.717, 1.165) is 0 Å². The van der Waals surface area contributed by atoms with Crippen molar-refractivity contribution in [3.05, 3.63) is 0 Å². The van der Waals surface area contributed by atoms with Crippen molar-refractivity contribution in [3.8, 4) is 0 Å². The van der Waals surface area contributed by atoms with Crippen molar-refractivity contribution >= 4 is 67.3 Å². The summed E-state index contributed by atoms with van der Waals surface area (Å²) in [5.74, 6) is 0. The Bertz CT molecular complexity index is 37.9. The third-order valence-electron chi connectivity index (χ3n) is 0. The number of hydrogen-bond donors (Lipinski definition) is 3. The van der Waals surface area contributed by atoms with Crippen molar-refractivity contribution in [1.29, 1.82) is 0 Å². The minimum atomic E-state index is -0.833. The maximum absolute atomic E-state index is 9.00. The molecule has 0 spiro atoms. The summed E-state index contributed by atoms with van der Waals surface area (Å²) in [6.45, 7) is 0. The van der Waals surface area contributed by atoms with E-state index < -0.39 is 6.03 Å². The van der Waals surface area contributed by atoms with Crippen LogP contribution in [-0.4, -0.2) is 57.4 Å². The van der Waals surface area contributed by atoms with Crippen molar-refractivity contribution < 1.29 is 4.79 Å². The number of nitrogens with two attached hydrogens (primary N) is 2. The maximum atomic E-state index is 9.00. The molecule has 0 bridgehead atoms. The molecule has 7 heavy (non-hydrogen) atoms. The van der Waals surface area contributed by atoms with Crippen LogP contribution in [0, 0.1) is 0 Å². The number of rotatable bonds is 0. The average molecular weight is 151 g/mol. The second-order valence-corrected chi connectivity index (χ2v) is 0.402. The van der Waals surface area contributed by atoms with Crippen LogP contribution in [0.25, 0.3) is 0 Å². The van der Waals surface area contributed by atoms with E-state index in [2.05, 4.69) is 11.5 Å². The Morgan fingerprint density at radius 1 is 1.29 bits per heavy atom. The van der Waals surface area contributed by atoms with E-state index in [-0.39, 0.29) is 67.4 Å². The number of carbonyl (C=O) groups is 1. The van der Waals surface area contributed by atoms with Gasteiger partial charge in [-0.15, -0.1) is 0 Å². The summed E-state index contributed by atoms with van der Waals surface area (Å²) in [5.41, 5.74) is 8.50. The van der Waals surface area contributed by atoms with E-state index in [1.54, 1.807) is 0 Å². The minimum absolute atomic E-state index is 0. The first-order chi connectivity index (χ1) is 1.73. The summed E-state index contributed by atoms with van der Waals surface area (Å²) in [6, 6.07) is -0.833. The molecule has 0 aromatic rings. The van der Waals surface area contributed by atoms with E-state index >= 15 is 0 Å². The summed E-state index contributed by atoms with van der Waals surface area (Å²) >= 11 is 0. The summed E-state index contributed by atoms with van der Waals surface area (Å²) in [4.78, 5) is 9.00. The molecule has 0 aliphatic rings. The zero-order valence-corrected chi connectivity index (χ0v) is 4.89. The zero-order valence-electron chi connectivity index (χ0n) is 3.48. The van der Waals surface area contributed by atoms with Gasteiger partial charge in [-0.3, -0.25) is 0 Å². The van der Waals surface area contributed by atoms with Crippen LogP contribution in [0.1, 0.15) is 0 Å². The predicted octanol–water partition coefficient (Wildman–Crippen LogP) is -1.40. The van der Waals surface area contributed by atoms with Crippen molar-refractivity contribution in [2.45, 2.75) is 0 Å². The SMILES string of the molecule is N.NC(N)=O.P.[KH]. The molecule has 4 nitrogen and oxygen atoms in total. The van der Waals surface area contributed by atoms with E-state index in [0.29, 0.717) is 0 Å². The van der Waals surface area contributed by atoms with Gasteiger partial charge in [0.1, 0.15) is 0 Å². The monoisotopic (exact) mass is 151 g/mol. The molecule has 0 radical (unpaired) electrons. The third-order valence-corrected chi connectivity index (χ3v) is 0. The Morgan fingerprint density at radius 2 is 1.29 bits per heavy atom. The molecular formula is CH11KN3OP. The number of carbonyl (C=O) groups excluding carboxylic acids is 1. The average Bonchev–Trinajstić information content (AvgIpc) is 0.811. The standard InChI is InChI=1S/CH4N2O.K.H3N.H3P.H/c2-1(3)4;;;;/h(H4,2,3,4);;2*1H3;. The van der Waals surface area contributed by atoms with Gasteiger partial charge in [-0.25, -0.2) is 4.79 Å². The Labute approximate surface area is 88.4 Å². The van der Waals surface area contributed by atoms with Gasteiger partial charge in [0.05, 0.1) is 0 Å². The van der Waals surface area contributed by atoms with Crippen molar-refractivity contribution in [2.75, 3.05) is 0 Å². The Morgan fingerprint density at radius 3 is 1.29 bits per heavy atom. The summed E-state index contributed by atoms with van der Waals surface area (Å²) in [5, 5.41) is 0. The van der Waals surface area contributed by atoms with Crippen molar-refractivity contribution in [3.63, 3.8) is 0 Å². The first-order valence-corrected chi connectivity index (χ1v) is 0.781. The van der Waals surface area contributed by atoms with Crippen LogP contribution in [0.5, 0.6) is 0 Å². The molecule has 0 aromatic carbocycles. The molecule has 7 N–H and O–H groups in total. The molecule has 0 saturated carbocycles. The molecule has 6 heteroatoms. The van der Waals surface area contributed by atoms with Crippen LogP contribution in [0.3, 0.4) is 0 Å². The molecular weight excluding hydrogens is 140 g/mol. The fourth-order valence-corrected chi connectivity index (χ4v) is 0. The van der Waals surface area contributed by atoms with Gasteiger partial charge < -0.3 is 17.6 Å². The van der Waals surface area contributed by atoms with Crippen LogP contribution in [0.4, 0.5) is 4.79 Å². The molecule has 42 valence electrons. The third kappa shape index (κ3) is 122. The van der Waals surface area contributed by atoms with Crippen LogP contribution in [0.15, 0.2) is 0 Å². The van der Waals surface area contributed by atoms with Gasteiger partial charge >= 0.3 is 57.4 Å². The number of amides is 2. The van der Waals surface area contributed by atoms with Gasteiger partial charge in [0.25, 0.3) is 0 Å². The molecule has 0 aromatic heterocycles. The van der Waals surface area contributed by atoms with Gasteiger partial charge in [0.15, 0.2) is 0 Å². The molecule has 1 atom stereocenters. The molecule has 0 heterocycles. The molecule has 1 unspecified atom stereocenters. The Hall–Kier alpha value is 1.30. The Kier molecular flexibility index (Phi) is 53.6. The molecule has 0 saturated heterocycles. The molecule has 0 aliphatic carbocycles. The number of hydrogen-bond acceptors (Lipinski definition) is 2.